The minimum absolute atomic E-state index is 0.107. The van der Waals surface area contributed by atoms with Gasteiger partial charge in [0, 0.05) is 55.2 Å². The second-order valence-corrected chi connectivity index (χ2v) is 17.4. The number of piperidine rings is 1. The second-order valence-electron chi connectivity index (χ2n) is 17.4. The van der Waals surface area contributed by atoms with Crippen molar-refractivity contribution < 1.29 is 18.7 Å². The van der Waals surface area contributed by atoms with Gasteiger partial charge in [-0.1, -0.05) is 26.0 Å². The van der Waals surface area contributed by atoms with E-state index in [-0.39, 0.29) is 29.6 Å². The molecule has 0 radical (unpaired) electrons. The highest BCUT2D eigenvalue weighted by molar-refractivity contribution is 6.09. The van der Waals surface area contributed by atoms with Crippen molar-refractivity contribution in [1.29, 1.82) is 0 Å². The number of benzene rings is 1. The van der Waals surface area contributed by atoms with Gasteiger partial charge < -0.3 is 24.4 Å². The van der Waals surface area contributed by atoms with Crippen LogP contribution in [-0.2, 0) is 19.7 Å². The first-order valence-corrected chi connectivity index (χ1v) is 19.2. The third-order valence-electron chi connectivity index (χ3n) is 12.8. The average molecular weight is 721 g/mol. The summed E-state index contributed by atoms with van der Waals surface area (Å²) in [5.41, 5.74) is 4.51. The number of rotatable bonds is 7. The number of carbonyl (C=O) groups excluding carboxylic acids is 2. The van der Waals surface area contributed by atoms with Gasteiger partial charge in [0.1, 0.15) is 5.52 Å². The number of imidazole rings is 1. The Balaban J connectivity index is 1.08. The van der Waals surface area contributed by atoms with Crippen LogP contribution in [0.5, 0.6) is 0 Å². The first-order valence-electron chi connectivity index (χ1n) is 19.2. The van der Waals surface area contributed by atoms with Crippen LogP contribution in [0.1, 0.15) is 78.3 Å². The summed E-state index contributed by atoms with van der Waals surface area (Å²) >= 11 is 0. The van der Waals surface area contributed by atoms with Crippen molar-refractivity contribution in [3.63, 3.8) is 0 Å². The Morgan fingerprint density at radius 2 is 1.79 bits per heavy atom. The number of hydrogen-bond acceptors (Lipinski definition) is 8. The molecule has 4 fully saturated rings. The molecule has 5 aliphatic rings. The smallest absolute Gasteiger partial charge is 0.238 e. The molecule has 1 saturated carbocycles. The molecule has 9 rings (SSSR count). The van der Waals surface area contributed by atoms with Crippen LogP contribution in [0.3, 0.4) is 0 Å². The number of likely N-dealkylation sites (tertiary alicyclic amines) is 2. The Hall–Kier alpha value is -4.42. The predicted octanol–water partition coefficient (Wildman–Crippen LogP) is 6.46. The fourth-order valence-corrected chi connectivity index (χ4v) is 9.43. The number of carbonyl (C=O) groups is 2. The number of pyridine rings is 2. The summed E-state index contributed by atoms with van der Waals surface area (Å²) in [6.45, 7) is 15.0. The first-order chi connectivity index (χ1) is 25.4. The number of anilines is 3. The van der Waals surface area contributed by atoms with Crippen molar-refractivity contribution in [3.8, 4) is 11.3 Å². The molecule has 4 aliphatic heterocycles. The molecule has 12 heteroatoms. The molecule has 11 nitrogen and oxygen atoms in total. The molecule has 1 aliphatic carbocycles. The van der Waals surface area contributed by atoms with Gasteiger partial charge in [0.05, 0.1) is 53.5 Å². The van der Waals surface area contributed by atoms with E-state index in [9.17, 15) is 14.0 Å². The summed E-state index contributed by atoms with van der Waals surface area (Å²) in [4.78, 5) is 48.8. The summed E-state index contributed by atoms with van der Waals surface area (Å²) in [6, 6.07) is 10.6. The minimum atomic E-state index is -0.679. The molecule has 1 N–H and O–H groups in total. The minimum Gasteiger partial charge on any atom is -0.379 e. The van der Waals surface area contributed by atoms with E-state index in [4.69, 9.17) is 14.7 Å². The van der Waals surface area contributed by atoms with Gasteiger partial charge in [-0.2, -0.15) is 0 Å². The highest BCUT2D eigenvalue weighted by Crippen LogP contribution is 2.53. The summed E-state index contributed by atoms with van der Waals surface area (Å²) in [6.07, 6.45) is 8.82. The van der Waals surface area contributed by atoms with Gasteiger partial charge in [-0.05, 0) is 88.6 Å². The monoisotopic (exact) mass is 720 g/mol. The maximum absolute atomic E-state index is 14.9. The molecule has 2 amide bonds. The van der Waals surface area contributed by atoms with E-state index >= 15 is 0 Å². The maximum Gasteiger partial charge on any atom is 0.238 e. The largest absolute Gasteiger partial charge is 0.379 e. The summed E-state index contributed by atoms with van der Waals surface area (Å²) < 4.78 is 22.3. The van der Waals surface area contributed by atoms with Crippen LogP contribution in [0.2, 0.25) is 0 Å². The molecular formula is C41H49FN8O3. The normalized spacial score (nSPS) is 24.5. The quantitative estimate of drug-likeness (QED) is 0.232. The van der Waals surface area contributed by atoms with Crippen molar-refractivity contribution in [2.24, 2.45) is 10.8 Å². The van der Waals surface area contributed by atoms with Gasteiger partial charge in [-0.25, -0.2) is 14.4 Å². The van der Waals surface area contributed by atoms with Gasteiger partial charge in [0.15, 0.2) is 11.6 Å². The van der Waals surface area contributed by atoms with Crippen molar-refractivity contribution in [2.45, 2.75) is 90.3 Å². The second kappa shape index (κ2) is 12.3. The molecule has 4 aromatic rings. The molecule has 3 saturated heterocycles. The Morgan fingerprint density at radius 1 is 1.02 bits per heavy atom. The Labute approximate surface area is 309 Å². The van der Waals surface area contributed by atoms with Gasteiger partial charge in [-0.15, -0.1) is 0 Å². The van der Waals surface area contributed by atoms with Gasteiger partial charge in [0.2, 0.25) is 11.8 Å². The number of halogens is 1. The number of fused-ring (bicyclic) bond motifs is 3. The van der Waals surface area contributed by atoms with E-state index in [0.29, 0.717) is 62.1 Å². The zero-order valence-electron chi connectivity index (χ0n) is 31.4. The molecule has 7 heterocycles. The Bertz CT molecular complexity index is 2110. The zero-order chi connectivity index (χ0) is 36.9. The molecule has 0 unspecified atom stereocenters. The lowest BCUT2D eigenvalue weighted by atomic mass is 9.72. The van der Waals surface area contributed by atoms with Crippen LogP contribution in [0.25, 0.3) is 22.3 Å². The van der Waals surface area contributed by atoms with E-state index in [1.807, 2.05) is 22.5 Å². The van der Waals surface area contributed by atoms with Crippen LogP contribution >= 0.6 is 0 Å². The molecule has 278 valence electrons. The van der Waals surface area contributed by atoms with Gasteiger partial charge in [-0.3, -0.25) is 19.5 Å². The summed E-state index contributed by atoms with van der Waals surface area (Å²) in [5.74, 6) is 0.315. The van der Waals surface area contributed by atoms with Crippen molar-refractivity contribution in [1.82, 2.24) is 29.3 Å². The number of nitrogens with zero attached hydrogens (tertiary/aromatic N) is 7. The fourth-order valence-electron chi connectivity index (χ4n) is 9.43. The lowest BCUT2D eigenvalue weighted by Crippen LogP contribution is -2.59. The van der Waals surface area contributed by atoms with Crippen molar-refractivity contribution in [3.05, 3.63) is 60.4 Å². The summed E-state index contributed by atoms with van der Waals surface area (Å²) in [7, 11) is 0. The van der Waals surface area contributed by atoms with Crippen LogP contribution in [-0.4, -0.2) is 92.6 Å². The molecule has 53 heavy (non-hydrogen) atoms. The van der Waals surface area contributed by atoms with E-state index in [2.05, 4.69) is 66.0 Å². The standard InChI is InChI=1S/C41H49FN8O3/c1-25(2)49-24-44-33-19-32(46-36(35(33)49)45-31-8-12-43-20-30(31)42)26-6-7-29-34(16-26)50(28-17-27(18-28)48-13-9-39(3,4)21-48)38(52)41(29)10-14-47(15-11-41)37(51)40(5)22-53-23-40/h6-8,12,16,19-20,24-25,27-28H,9-11,13-15,17-18,21-23H2,1-5H3,(H,43,45,46). The average Bonchev–Trinajstić information content (AvgIpc) is 3.77. The van der Waals surface area contributed by atoms with Gasteiger partial charge in [0.25, 0.3) is 0 Å². The third-order valence-corrected chi connectivity index (χ3v) is 12.8. The van der Waals surface area contributed by atoms with E-state index in [0.717, 1.165) is 53.8 Å². The van der Waals surface area contributed by atoms with Crippen molar-refractivity contribution >= 4 is 40.0 Å². The molecule has 1 spiro atoms. The SMILES string of the molecule is CC(C)n1cnc2cc(-c3ccc4c(c3)N(C3CC(N5CCC(C)(C)C5)C3)C(=O)C43CCN(C(=O)C4(C)COC4)CC3)nc(Nc3ccncc3F)c21. The van der Waals surface area contributed by atoms with Crippen LogP contribution in [0.4, 0.5) is 21.6 Å². The molecule has 0 bridgehead atoms. The molecule has 0 atom stereocenters. The number of ether oxygens (including phenoxy) is 1. The Kier molecular flexibility index (Phi) is 7.98. The summed E-state index contributed by atoms with van der Waals surface area (Å²) in [5, 5.41) is 3.23. The molecular weight excluding hydrogens is 672 g/mol. The van der Waals surface area contributed by atoms with Gasteiger partial charge >= 0.3 is 0 Å². The fraction of sp³-hybridized carbons (Fsp3) is 0.537. The van der Waals surface area contributed by atoms with E-state index < -0.39 is 16.6 Å². The third kappa shape index (κ3) is 5.54. The number of nitrogens with one attached hydrogen (secondary N) is 1. The zero-order valence-corrected chi connectivity index (χ0v) is 31.4. The predicted molar refractivity (Wildman–Crippen MR) is 202 cm³/mol. The maximum atomic E-state index is 14.9. The topological polar surface area (TPSA) is 109 Å². The highest BCUT2D eigenvalue weighted by Gasteiger charge is 2.57. The Morgan fingerprint density at radius 3 is 2.45 bits per heavy atom. The number of amides is 2. The van der Waals surface area contributed by atoms with E-state index in [1.54, 1.807) is 18.6 Å². The lowest BCUT2D eigenvalue weighted by molar-refractivity contribution is -0.170. The van der Waals surface area contributed by atoms with Crippen LogP contribution < -0.4 is 10.2 Å². The van der Waals surface area contributed by atoms with Crippen molar-refractivity contribution in [2.75, 3.05) is 49.6 Å². The molecule has 1 aromatic carbocycles. The first kappa shape index (κ1) is 34.4. The number of hydrogen-bond donors (Lipinski definition) is 1. The lowest BCUT2D eigenvalue weighted by Gasteiger charge is -2.47. The van der Waals surface area contributed by atoms with Crippen LogP contribution in [0.15, 0.2) is 49.1 Å². The van der Waals surface area contributed by atoms with Crippen LogP contribution in [0, 0.1) is 16.6 Å². The highest BCUT2D eigenvalue weighted by atomic mass is 19.1. The van der Waals surface area contributed by atoms with E-state index in [1.165, 1.54) is 12.6 Å². The number of aromatic nitrogens is 4. The molecule has 3 aromatic heterocycles.